The summed E-state index contributed by atoms with van der Waals surface area (Å²) < 4.78 is 16.3. The molecule has 1 atom stereocenters. The lowest BCUT2D eigenvalue weighted by atomic mass is 9.95. The summed E-state index contributed by atoms with van der Waals surface area (Å²) in [5, 5.41) is 5.52. The molecule has 2 aromatic rings. The van der Waals surface area contributed by atoms with Crippen LogP contribution < -0.4 is 25.0 Å². The van der Waals surface area contributed by atoms with Gasteiger partial charge >= 0.3 is 12.0 Å². The zero-order chi connectivity index (χ0) is 22.7. The van der Waals surface area contributed by atoms with Gasteiger partial charge in [0, 0.05) is 24.5 Å². The number of anilines is 1. The number of esters is 1. The van der Waals surface area contributed by atoms with Crippen LogP contribution in [0.4, 0.5) is 10.5 Å². The highest BCUT2D eigenvalue weighted by atomic mass is 16.7. The fourth-order valence-corrected chi connectivity index (χ4v) is 3.94. The Balaban J connectivity index is 1.52. The molecule has 0 radical (unpaired) electrons. The minimum Gasteiger partial charge on any atom is -0.457 e. The minimum absolute atomic E-state index is 0.0772. The number of urea groups is 1. The quantitative estimate of drug-likeness (QED) is 0.643. The lowest BCUT2D eigenvalue weighted by Crippen LogP contribution is -2.45. The number of nitrogens with one attached hydrogen (secondary N) is 2. The van der Waals surface area contributed by atoms with Crippen LogP contribution in [0.5, 0.6) is 11.5 Å². The average Bonchev–Trinajstić information content (AvgIpc) is 3.26. The van der Waals surface area contributed by atoms with Gasteiger partial charge in [0.2, 0.25) is 6.79 Å². The van der Waals surface area contributed by atoms with E-state index in [2.05, 4.69) is 29.4 Å². The molecule has 2 amide bonds. The van der Waals surface area contributed by atoms with Gasteiger partial charge in [-0.2, -0.15) is 0 Å². The van der Waals surface area contributed by atoms with Crippen molar-refractivity contribution >= 4 is 17.7 Å². The summed E-state index contributed by atoms with van der Waals surface area (Å²) in [6, 6.07) is 12.3. The molecule has 32 heavy (non-hydrogen) atoms. The number of fused-ring (bicyclic) bond motifs is 1. The third kappa shape index (κ3) is 4.34. The Kier molecular flexibility index (Phi) is 6.20. The molecule has 4 rings (SSSR count). The number of amides is 2. The molecule has 2 N–H and O–H groups in total. The summed E-state index contributed by atoms with van der Waals surface area (Å²) in [5.41, 5.74) is 3.54. The Hall–Kier alpha value is -3.68. The molecule has 168 valence electrons. The molecule has 0 aromatic heterocycles. The lowest BCUT2D eigenvalue weighted by molar-refractivity contribution is -0.140. The molecule has 0 saturated carbocycles. The van der Waals surface area contributed by atoms with E-state index in [-0.39, 0.29) is 19.4 Å². The number of carbonyl (C=O) groups excluding carboxylic acids is 2. The third-order valence-electron chi connectivity index (χ3n) is 5.65. The van der Waals surface area contributed by atoms with Crippen LogP contribution in [0.2, 0.25) is 0 Å². The summed E-state index contributed by atoms with van der Waals surface area (Å²) in [6.45, 7) is 7.97. The lowest BCUT2D eigenvalue weighted by Gasteiger charge is -2.29. The molecule has 0 saturated heterocycles. The van der Waals surface area contributed by atoms with Crippen molar-refractivity contribution in [3.63, 3.8) is 0 Å². The summed E-state index contributed by atoms with van der Waals surface area (Å²) in [5.74, 6) is 0.809. The van der Waals surface area contributed by atoms with Crippen LogP contribution in [-0.2, 0) is 16.1 Å². The Morgan fingerprint density at radius 2 is 1.81 bits per heavy atom. The Labute approximate surface area is 187 Å². The van der Waals surface area contributed by atoms with Gasteiger partial charge in [-0.15, -0.1) is 0 Å². The maximum atomic E-state index is 13.0. The topological polar surface area (TPSA) is 89.1 Å². The predicted molar refractivity (Wildman–Crippen MR) is 119 cm³/mol. The van der Waals surface area contributed by atoms with Gasteiger partial charge < -0.3 is 29.7 Å². The van der Waals surface area contributed by atoms with Crippen molar-refractivity contribution in [2.45, 2.75) is 33.4 Å². The molecule has 8 nitrogen and oxygen atoms in total. The third-order valence-corrected chi connectivity index (χ3v) is 5.65. The summed E-state index contributed by atoms with van der Waals surface area (Å²) >= 11 is 0. The number of hydrogen-bond acceptors (Lipinski definition) is 6. The van der Waals surface area contributed by atoms with Crippen LogP contribution in [0.1, 0.15) is 37.9 Å². The zero-order valence-electron chi connectivity index (χ0n) is 18.4. The fourth-order valence-electron chi connectivity index (χ4n) is 3.94. The maximum Gasteiger partial charge on any atom is 0.338 e. The minimum atomic E-state index is -0.598. The Bertz CT molecular complexity index is 1040. The molecule has 0 bridgehead atoms. The van der Waals surface area contributed by atoms with E-state index in [1.165, 1.54) is 0 Å². The van der Waals surface area contributed by atoms with Gasteiger partial charge in [-0.25, -0.2) is 9.59 Å². The van der Waals surface area contributed by atoms with Crippen LogP contribution >= 0.6 is 0 Å². The molecule has 2 aromatic carbocycles. The van der Waals surface area contributed by atoms with Gasteiger partial charge in [-0.3, -0.25) is 0 Å². The first-order chi connectivity index (χ1) is 15.5. The van der Waals surface area contributed by atoms with Gasteiger partial charge in [0.05, 0.1) is 11.6 Å². The first kappa shape index (κ1) is 21.5. The number of rotatable bonds is 7. The predicted octanol–water partition coefficient (Wildman–Crippen LogP) is 3.63. The summed E-state index contributed by atoms with van der Waals surface area (Å²) in [7, 11) is 0. The van der Waals surface area contributed by atoms with Crippen molar-refractivity contribution in [3.8, 4) is 11.5 Å². The van der Waals surface area contributed by atoms with Crippen LogP contribution in [0.3, 0.4) is 0 Å². The van der Waals surface area contributed by atoms with Crippen LogP contribution in [-0.4, -0.2) is 31.9 Å². The molecule has 8 heteroatoms. The average molecular weight is 437 g/mol. The molecule has 2 heterocycles. The highest BCUT2D eigenvalue weighted by Crippen LogP contribution is 2.33. The van der Waals surface area contributed by atoms with Crippen molar-refractivity contribution < 1.29 is 23.8 Å². The molecule has 2 aliphatic heterocycles. The van der Waals surface area contributed by atoms with E-state index in [1.54, 1.807) is 19.1 Å². The molecule has 0 aliphatic carbocycles. The highest BCUT2D eigenvalue weighted by Gasteiger charge is 2.32. The summed E-state index contributed by atoms with van der Waals surface area (Å²) in [6.07, 6.45) is 0. The fraction of sp³-hybridized carbons (Fsp3) is 0.333. The van der Waals surface area contributed by atoms with Crippen molar-refractivity contribution in [2.75, 3.05) is 24.8 Å². The van der Waals surface area contributed by atoms with E-state index in [0.29, 0.717) is 22.8 Å². The first-order valence-electron chi connectivity index (χ1n) is 10.7. The van der Waals surface area contributed by atoms with Gasteiger partial charge in [0.15, 0.2) is 11.5 Å². The van der Waals surface area contributed by atoms with E-state index < -0.39 is 12.0 Å². The molecular formula is C24H27N3O5. The van der Waals surface area contributed by atoms with Crippen LogP contribution in [0.25, 0.3) is 0 Å². The standard InChI is InChI=1S/C24H27N3O5/c1-4-27(5-2)18-9-7-17(8-10-18)22-21(15(3)25-24(29)26-22)23(28)30-13-16-6-11-19-20(12-16)32-14-31-19/h6-12,22H,4-5,13-14H2,1-3H3,(H2,25,26,29)/t22-/m0/s1. The highest BCUT2D eigenvalue weighted by molar-refractivity contribution is 5.95. The van der Waals surface area contributed by atoms with Crippen molar-refractivity contribution in [1.29, 1.82) is 0 Å². The summed E-state index contributed by atoms with van der Waals surface area (Å²) in [4.78, 5) is 27.4. The van der Waals surface area contributed by atoms with E-state index in [4.69, 9.17) is 14.2 Å². The van der Waals surface area contributed by atoms with E-state index in [0.717, 1.165) is 29.9 Å². The molecular weight excluding hydrogens is 410 g/mol. The second kappa shape index (κ2) is 9.21. The molecule has 0 spiro atoms. The Morgan fingerprint density at radius 3 is 2.53 bits per heavy atom. The second-order valence-corrected chi connectivity index (χ2v) is 7.60. The molecule has 0 unspecified atom stereocenters. The number of carbonyl (C=O) groups is 2. The number of ether oxygens (including phenoxy) is 3. The van der Waals surface area contributed by atoms with E-state index >= 15 is 0 Å². The van der Waals surface area contributed by atoms with Crippen LogP contribution in [0.15, 0.2) is 53.7 Å². The van der Waals surface area contributed by atoms with Gasteiger partial charge in [-0.1, -0.05) is 18.2 Å². The maximum absolute atomic E-state index is 13.0. The largest absolute Gasteiger partial charge is 0.457 e. The van der Waals surface area contributed by atoms with Crippen molar-refractivity contribution in [2.24, 2.45) is 0 Å². The number of hydrogen-bond donors (Lipinski definition) is 2. The van der Waals surface area contributed by atoms with E-state index in [1.807, 2.05) is 30.3 Å². The van der Waals surface area contributed by atoms with Crippen molar-refractivity contribution in [3.05, 3.63) is 64.9 Å². The van der Waals surface area contributed by atoms with Crippen molar-refractivity contribution in [1.82, 2.24) is 10.6 Å². The smallest absolute Gasteiger partial charge is 0.338 e. The number of benzene rings is 2. The zero-order valence-corrected chi connectivity index (χ0v) is 18.4. The first-order valence-corrected chi connectivity index (χ1v) is 10.7. The number of allylic oxidation sites excluding steroid dienone is 1. The number of nitrogens with zero attached hydrogens (tertiary/aromatic N) is 1. The SMILES string of the molecule is CCN(CC)c1ccc([C@@H]2NC(=O)NC(C)=C2C(=O)OCc2ccc3c(c2)OCO3)cc1. The van der Waals surface area contributed by atoms with E-state index in [9.17, 15) is 9.59 Å². The van der Waals surface area contributed by atoms with Gasteiger partial charge in [0.1, 0.15) is 6.61 Å². The monoisotopic (exact) mass is 437 g/mol. The van der Waals surface area contributed by atoms with Gasteiger partial charge in [-0.05, 0) is 56.2 Å². The molecule has 0 fully saturated rings. The second-order valence-electron chi connectivity index (χ2n) is 7.60. The molecule has 2 aliphatic rings. The van der Waals surface area contributed by atoms with Gasteiger partial charge in [0.25, 0.3) is 0 Å². The Morgan fingerprint density at radius 1 is 1.09 bits per heavy atom. The normalized spacial score (nSPS) is 17.0. The van der Waals surface area contributed by atoms with Crippen LogP contribution in [0, 0.1) is 0 Å².